The topological polar surface area (TPSA) is 32.3 Å². The molecule has 3 heteroatoms. The Labute approximate surface area is 74.1 Å². The minimum Gasteiger partial charge on any atom is -0.359 e. The lowest BCUT2D eigenvalue weighted by Gasteiger charge is -2.19. The molecule has 1 atom stereocenters. The summed E-state index contributed by atoms with van der Waals surface area (Å²) >= 11 is 0. The quantitative estimate of drug-likeness (QED) is 0.653. The van der Waals surface area contributed by atoms with E-state index in [1.165, 1.54) is 0 Å². The monoisotopic (exact) mass is 170 g/mol. The predicted molar refractivity (Wildman–Crippen MR) is 48.9 cm³/mol. The van der Waals surface area contributed by atoms with E-state index in [0.717, 1.165) is 19.5 Å². The molecule has 0 aromatic rings. The van der Waals surface area contributed by atoms with Gasteiger partial charge in [-0.25, -0.2) is 0 Å². The zero-order chi connectivity index (χ0) is 9.14. The van der Waals surface area contributed by atoms with E-state index in [1.807, 2.05) is 0 Å². The predicted octanol–water partition coefficient (Wildman–Crippen LogP) is 0.463. The van der Waals surface area contributed by atoms with Crippen LogP contribution in [0.15, 0.2) is 0 Å². The third-order valence-corrected chi connectivity index (χ3v) is 2.57. The van der Waals surface area contributed by atoms with Crippen LogP contribution < -0.4 is 5.32 Å². The Balaban J connectivity index is 2.40. The summed E-state index contributed by atoms with van der Waals surface area (Å²) in [4.78, 5) is 13.6. The molecule has 0 saturated carbocycles. The first-order valence-corrected chi connectivity index (χ1v) is 4.60. The van der Waals surface area contributed by atoms with Crippen molar-refractivity contribution < 1.29 is 4.79 Å². The van der Waals surface area contributed by atoms with Crippen LogP contribution in [0.4, 0.5) is 0 Å². The summed E-state index contributed by atoms with van der Waals surface area (Å²) in [5, 5.41) is 2.70. The molecule has 0 unspecified atom stereocenters. The average Bonchev–Trinajstić information content (AvgIpc) is 2.51. The van der Waals surface area contributed by atoms with Crippen LogP contribution in [0.25, 0.3) is 0 Å². The Morgan fingerprint density at radius 1 is 1.58 bits per heavy atom. The van der Waals surface area contributed by atoms with Crippen LogP contribution in [0.5, 0.6) is 0 Å². The molecule has 0 bridgehead atoms. The summed E-state index contributed by atoms with van der Waals surface area (Å²) in [5.41, 5.74) is 0. The van der Waals surface area contributed by atoms with Crippen LogP contribution >= 0.6 is 0 Å². The standard InChI is InChI=1S/C9H18N2O/c1-7(2)11-5-4-8(6-11)9(12)10-3/h7-8H,4-6H2,1-3H3,(H,10,12)/t8-/m0/s1. The lowest BCUT2D eigenvalue weighted by molar-refractivity contribution is -0.124. The van der Waals surface area contributed by atoms with Gasteiger partial charge in [-0.2, -0.15) is 0 Å². The van der Waals surface area contributed by atoms with Gasteiger partial charge in [-0.15, -0.1) is 0 Å². The highest BCUT2D eigenvalue weighted by Crippen LogP contribution is 2.18. The van der Waals surface area contributed by atoms with E-state index in [4.69, 9.17) is 0 Å². The van der Waals surface area contributed by atoms with Gasteiger partial charge in [0, 0.05) is 19.6 Å². The maximum absolute atomic E-state index is 11.2. The Bertz CT molecular complexity index is 168. The molecule has 1 aliphatic heterocycles. The maximum atomic E-state index is 11.2. The first-order valence-electron chi connectivity index (χ1n) is 4.60. The molecule has 1 heterocycles. The molecule has 3 nitrogen and oxygen atoms in total. The Kier molecular flexibility index (Phi) is 3.09. The van der Waals surface area contributed by atoms with Crippen LogP contribution in [-0.4, -0.2) is 37.0 Å². The van der Waals surface area contributed by atoms with Crippen LogP contribution in [0.1, 0.15) is 20.3 Å². The minimum atomic E-state index is 0.193. The molecular formula is C9H18N2O. The van der Waals surface area contributed by atoms with Gasteiger partial charge in [0.15, 0.2) is 0 Å². The highest BCUT2D eigenvalue weighted by molar-refractivity contribution is 5.78. The van der Waals surface area contributed by atoms with Crippen molar-refractivity contribution in [3.05, 3.63) is 0 Å². The summed E-state index contributed by atoms with van der Waals surface area (Å²) in [6.07, 6.45) is 1.01. The van der Waals surface area contributed by atoms with Gasteiger partial charge in [-0.1, -0.05) is 0 Å². The van der Waals surface area contributed by atoms with Gasteiger partial charge in [-0.05, 0) is 26.8 Å². The van der Waals surface area contributed by atoms with Crippen molar-refractivity contribution in [2.24, 2.45) is 5.92 Å². The molecule has 0 aromatic heterocycles. The average molecular weight is 170 g/mol. The second kappa shape index (κ2) is 3.90. The summed E-state index contributed by atoms with van der Waals surface area (Å²) in [5.74, 6) is 0.413. The summed E-state index contributed by atoms with van der Waals surface area (Å²) in [6, 6.07) is 0.569. The third-order valence-electron chi connectivity index (χ3n) is 2.57. The van der Waals surface area contributed by atoms with E-state index >= 15 is 0 Å². The van der Waals surface area contributed by atoms with Crippen molar-refractivity contribution in [1.82, 2.24) is 10.2 Å². The van der Waals surface area contributed by atoms with Crippen molar-refractivity contribution >= 4 is 5.91 Å². The lowest BCUT2D eigenvalue weighted by atomic mass is 10.1. The molecule has 12 heavy (non-hydrogen) atoms. The Hall–Kier alpha value is -0.570. The number of carbonyl (C=O) groups excluding carboxylic acids is 1. The fourth-order valence-electron chi connectivity index (χ4n) is 1.67. The third kappa shape index (κ3) is 1.97. The lowest BCUT2D eigenvalue weighted by Crippen LogP contribution is -2.32. The van der Waals surface area contributed by atoms with Crippen LogP contribution in [-0.2, 0) is 4.79 Å². The molecule has 0 aliphatic carbocycles. The van der Waals surface area contributed by atoms with Crippen molar-refractivity contribution in [2.75, 3.05) is 20.1 Å². The van der Waals surface area contributed by atoms with Gasteiger partial charge < -0.3 is 10.2 Å². The van der Waals surface area contributed by atoms with Crippen molar-refractivity contribution in [3.63, 3.8) is 0 Å². The van der Waals surface area contributed by atoms with Crippen molar-refractivity contribution in [1.29, 1.82) is 0 Å². The van der Waals surface area contributed by atoms with Crippen LogP contribution in [0, 0.1) is 5.92 Å². The summed E-state index contributed by atoms with van der Waals surface area (Å²) in [6.45, 7) is 6.34. The van der Waals surface area contributed by atoms with Crippen LogP contribution in [0.3, 0.4) is 0 Å². The van der Waals surface area contributed by atoms with E-state index in [-0.39, 0.29) is 11.8 Å². The number of hydrogen-bond donors (Lipinski definition) is 1. The van der Waals surface area contributed by atoms with E-state index in [2.05, 4.69) is 24.1 Å². The molecule has 1 N–H and O–H groups in total. The molecule has 1 saturated heterocycles. The number of amides is 1. The highest BCUT2D eigenvalue weighted by Gasteiger charge is 2.28. The Morgan fingerprint density at radius 2 is 2.25 bits per heavy atom. The Morgan fingerprint density at radius 3 is 2.67 bits per heavy atom. The molecule has 1 rings (SSSR count). The van der Waals surface area contributed by atoms with Gasteiger partial charge in [0.05, 0.1) is 5.92 Å². The van der Waals surface area contributed by atoms with Gasteiger partial charge in [0.25, 0.3) is 0 Å². The SMILES string of the molecule is CNC(=O)[C@H]1CCN(C(C)C)C1. The van der Waals surface area contributed by atoms with Crippen molar-refractivity contribution in [3.8, 4) is 0 Å². The fraction of sp³-hybridized carbons (Fsp3) is 0.889. The zero-order valence-electron chi connectivity index (χ0n) is 8.13. The molecule has 0 spiro atoms. The number of likely N-dealkylation sites (tertiary alicyclic amines) is 1. The number of rotatable bonds is 2. The largest absolute Gasteiger partial charge is 0.359 e. The first kappa shape index (κ1) is 9.52. The molecule has 1 amide bonds. The molecule has 0 radical (unpaired) electrons. The maximum Gasteiger partial charge on any atom is 0.224 e. The summed E-state index contributed by atoms with van der Waals surface area (Å²) < 4.78 is 0. The van der Waals surface area contributed by atoms with Crippen molar-refractivity contribution in [2.45, 2.75) is 26.3 Å². The second-order valence-electron chi connectivity index (χ2n) is 3.69. The van der Waals surface area contributed by atoms with E-state index in [9.17, 15) is 4.79 Å². The van der Waals surface area contributed by atoms with E-state index < -0.39 is 0 Å². The molecule has 1 fully saturated rings. The minimum absolute atomic E-state index is 0.193. The molecule has 1 aliphatic rings. The number of nitrogens with one attached hydrogen (secondary N) is 1. The molecular weight excluding hydrogens is 152 g/mol. The van der Waals surface area contributed by atoms with Gasteiger partial charge in [0.1, 0.15) is 0 Å². The zero-order valence-corrected chi connectivity index (χ0v) is 8.13. The van der Waals surface area contributed by atoms with Gasteiger partial charge in [0.2, 0.25) is 5.91 Å². The second-order valence-corrected chi connectivity index (χ2v) is 3.69. The number of carbonyl (C=O) groups is 1. The normalized spacial score (nSPS) is 24.8. The molecule has 70 valence electrons. The fourth-order valence-corrected chi connectivity index (χ4v) is 1.67. The van der Waals surface area contributed by atoms with E-state index in [1.54, 1.807) is 7.05 Å². The highest BCUT2D eigenvalue weighted by atomic mass is 16.1. The molecule has 0 aromatic carbocycles. The summed E-state index contributed by atoms with van der Waals surface area (Å²) in [7, 11) is 1.71. The number of hydrogen-bond acceptors (Lipinski definition) is 2. The van der Waals surface area contributed by atoms with Crippen LogP contribution in [0.2, 0.25) is 0 Å². The van der Waals surface area contributed by atoms with Gasteiger partial charge in [-0.3, -0.25) is 4.79 Å². The van der Waals surface area contributed by atoms with E-state index in [0.29, 0.717) is 6.04 Å². The smallest absolute Gasteiger partial charge is 0.224 e. The number of nitrogens with zero attached hydrogens (tertiary/aromatic N) is 1. The first-order chi connectivity index (χ1) is 5.65. The van der Waals surface area contributed by atoms with Gasteiger partial charge >= 0.3 is 0 Å².